The van der Waals surface area contributed by atoms with Gasteiger partial charge in [0.05, 0.1) is 12.8 Å². The zero-order valence-electron chi connectivity index (χ0n) is 20.2. The highest BCUT2D eigenvalue weighted by Crippen LogP contribution is 2.26. The number of ether oxygens (including phenoxy) is 1. The van der Waals surface area contributed by atoms with Gasteiger partial charge in [-0.2, -0.15) is 0 Å². The Labute approximate surface area is 211 Å². The van der Waals surface area contributed by atoms with Crippen LogP contribution in [-0.4, -0.2) is 36.3 Å². The lowest BCUT2D eigenvalue weighted by molar-refractivity contribution is -0.120. The molecule has 3 aromatic carbocycles. The molecule has 1 amide bonds. The molecule has 5 rings (SSSR count). The molecule has 4 aromatic rings. The summed E-state index contributed by atoms with van der Waals surface area (Å²) in [5.74, 6) is 1.70. The molecule has 2 N–H and O–H groups in total. The van der Waals surface area contributed by atoms with E-state index in [-0.39, 0.29) is 11.8 Å². The summed E-state index contributed by atoms with van der Waals surface area (Å²) in [6.07, 6.45) is 1.56. The lowest BCUT2D eigenvalue weighted by Crippen LogP contribution is -2.38. The van der Waals surface area contributed by atoms with Crippen molar-refractivity contribution in [2.45, 2.75) is 12.8 Å². The zero-order valence-corrected chi connectivity index (χ0v) is 20.2. The third-order valence-electron chi connectivity index (χ3n) is 6.44. The molecule has 36 heavy (non-hydrogen) atoms. The van der Waals surface area contributed by atoms with E-state index in [1.54, 1.807) is 7.11 Å². The zero-order chi connectivity index (χ0) is 24.7. The predicted octanol–water partition coefficient (Wildman–Crippen LogP) is 5.75. The van der Waals surface area contributed by atoms with Crippen LogP contribution < -0.4 is 20.3 Å². The van der Waals surface area contributed by atoms with Crippen LogP contribution in [0.15, 0.2) is 91.0 Å². The second kappa shape index (κ2) is 10.9. The van der Waals surface area contributed by atoms with Crippen LogP contribution in [-0.2, 0) is 4.79 Å². The third kappa shape index (κ3) is 5.63. The SMILES string of the molecule is COc1ccc(-c2ccc(N3CCC(C(=O)Nc4ccc(Nc5ccccc5)cc4)CC3)nn2)cc1. The van der Waals surface area contributed by atoms with E-state index in [4.69, 9.17) is 4.74 Å². The van der Waals surface area contributed by atoms with E-state index in [0.717, 1.165) is 65.8 Å². The highest BCUT2D eigenvalue weighted by molar-refractivity contribution is 5.93. The Morgan fingerprint density at radius 1 is 0.806 bits per heavy atom. The fourth-order valence-electron chi connectivity index (χ4n) is 4.35. The average molecular weight is 480 g/mol. The Morgan fingerprint density at radius 2 is 1.47 bits per heavy atom. The van der Waals surface area contributed by atoms with E-state index in [1.165, 1.54) is 0 Å². The summed E-state index contributed by atoms with van der Waals surface area (Å²) in [6.45, 7) is 1.54. The Bertz CT molecular complexity index is 1270. The van der Waals surface area contributed by atoms with Crippen molar-refractivity contribution in [3.8, 4) is 17.0 Å². The molecule has 182 valence electrons. The van der Waals surface area contributed by atoms with Crippen LogP contribution in [0.1, 0.15) is 12.8 Å². The van der Waals surface area contributed by atoms with Gasteiger partial charge in [0.15, 0.2) is 5.82 Å². The molecule has 7 heteroatoms. The first-order chi connectivity index (χ1) is 17.7. The highest BCUT2D eigenvalue weighted by atomic mass is 16.5. The fourth-order valence-corrected chi connectivity index (χ4v) is 4.35. The largest absolute Gasteiger partial charge is 0.497 e. The van der Waals surface area contributed by atoms with Crippen molar-refractivity contribution >= 4 is 28.8 Å². The molecule has 1 aliphatic heterocycles. The Morgan fingerprint density at radius 3 is 2.11 bits per heavy atom. The van der Waals surface area contributed by atoms with Gasteiger partial charge >= 0.3 is 0 Å². The molecule has 0 bridgehead atoms. The molecule has 0 unspecified atom stereocenters. The number of hydrogen-bond donors (Lipinski definition) is 2. The summed E-state index contributed by atoms with van der Waals surface area (Å²) >= 11 is 0. The smallest absolute Gasteiger partial charge is 0.227 e. The minimum absolute atomic E-state index is 0.0186. The number of nitrogens with one attached hydrogen (secondary N) is 2. The van der Waals surface area contributed by atoms with Crippen LogP contribution in [0.25, 0.3) is 11.3 Å². The second-order valence-electron chi connectivity index (χ2n) is 8.82. The fraction of sp³-hybridized carbons (Fsp3) is 0.207. The minimum atomic E-state index is -0.0186. The van der Waals surface area contributed by atoms with Crippen molar-refractivity contribution in [2.24, 2.45) is 5.92 Å². The third-order valence-corrected chi connectivity index (χ3v) is 6.44. The van der Waals surface area contributed by atoms with Gasteiger partial charge in [-0.25, -0.2) is 0 Å². The van der Waals surface area contributed by atoms with Gasteiger partial charge in [-0.05, 0) is 85.6 Å². The van der Waals surface area contributed by atoms with E-state index in [9.17, 15) is 4.79 Å². The van der Waals surface area contributed by atoms with E-state index in [2.05, 4.69) is 25.7 Å². The number of piperidine rings is 1. The van der Waals surface area contributed by atoms with Crippen LogP contribution in [0.4, 0.5) is 22.9 Å². The maximum Gasteiger partial charge on any atom is 0.227 e. The number of hydrogen-bond acceptors (Lipinski definition) is 6. The van der Waals surface area contributed by atoms with Gasteiger partial charge < -0.3 is 20.3 Å². The molecule has 1 aliphatic rings. The van der Waals surface area contributed by atoms with Gasteiger partial charge in [-0.15, -0.1) is 10.2 Å². The average Bonchev–Trinajstić information content (AvgIpc) is 2.95. The Balaban J connectivity index is 1.12. The van der Waals surface area contributed by atoms with Crippen LogP contribution >= 0.6 is 0 Å². The van der Waals surface area contributed by atoms with E-state index >= 15 is 0 Å². The number of para-hydroxylation sites is 1. The van der Waals surface area contributed by atoms with Gasteiger partial charge in [0, 0.05) is 41.6 Å². The molecule has 1 aromatic heterocycles. The number of carbonyl (C=O) groups is 1. The van der Waals surface area contributed by atoms with Crippen molar-refractivity contribution in [1.82, 2.24) is 10.2 Å². The molecule has 1 fully saturated rings. The maximum atomic E-state index is 12.9. The molecular formula is C29H29N5O2. The van der Waals surface area contributed by atoms with Gasteiger partial charge in [0.1, 0.15) is 5.75 Å². The van der Waals surface area contributed by atoms with E-state index < -0.39 is 0 Å². The Hall–Kier alpha value is -4.39. The monoisotopic (exact) mass is 479 g/mol. The summed E-state index contributed by atoms with van der Waals surface area (Å²) in [5, 5.41) is 15.3. The van der Waals surface area contributed by atoms with E-state index in [1.807, 2.05) is 91.0 Å². The maximum absolute atomic E-state index is 12.9. The first-order valence-electron chi connectivity index (χ1n) is 12.1. The number of nitrogens with zero attached hydrogens (tertiary/aromatic N) is 3. The van der Waals surface area contributed by atoms with Gasteiger partial charge in [-0.3, -0.25) is 4.79 Å². The number of aromatic nitrogens is 2. The quantitative estimate of drug-likeness (QED) is 0.351. The summed E-state index contributed by atoms with van der Waals surface area (Å²) in [6, 6.07) is 29.6. The highest BCUT2D eigenvalue weighted by Gasteiger charge is 2.26. The molecule has 7 nitrogen and oxygen atoms in total. The molecule has 0 saturated carbocycles. The standard InChI is InChI=1S/C29H29N5O2/c1-36-26-13-7-21(8-14-26)27-15-16-28(33-32-27)34-19-17-22(18-20-34)29(35)31-25-11-9-24(10-12-25)30-23-5-3-2-4-6-23/h2-16,22,30H,17-20H2,1H3,(H,31,35). The van der Waals surface area contributed by atoms with Crippen LogP contribution in [0.3, 0.4) is 0 Å². The van der Waals surface area contributed by atoms with Crippen molar-refractivity contribution in [1.29, 1.82) is 0 Å². The number of anilines is 4. The lowest BCUT2D eigenvalue weighted by Gasteiger charge is -2.31. The van der Waals surface area contributed by atoms with Gasteiger partial charge in [-0.1, -0.05) is 18.2 Å². The van der Waals surface area contributed by atoms with Crippen LogP contribution in [0, 0.1) is 5.92 Å². The summed E-state index contributed by atoms with van der Waals surface area (Å²) in [7, 11) is 1.65. The number of rotatable bonds is 7. The number of methoxy groups -OCH3 is 1. The number of benzene rings is 3. The molecule has 0 atom stereocenters. The Kier molecular flexibility index (Phi) is 7.07. The van der Waals surface area contributed by atoms with Crippen molar-refractivity contribution in [3.63, 3.8) is 0 Å². The summed E-state index contributed by atoms with van der Waals surface area (Å²) < 4.78 is 5.21. The summed E-state index contributed by atoms with van der Waals surface area (Å²) in [4.78, 5) is 15.0. The minimum Gasteiger partial charge on any atom is -0.497 e. The van der Waals surface area contributed by atoms with Crippen molar-refractivity contribution < 1.29 is 9.53 Å². The van der Waals surface area contributed by atoms with Crippen molar-refractivity contribution in [2.75, 3.05) is 35.7 Å². The molecule has 1 saturated heterocycles. The topological polar surface area (TPSA) is 79.4 Å². The van der Waals surface area contributed by atoms with Crippen LogP contribution in [0.2, 0.25) is 0 Å². The summed E-state index contributed by atoms with van der Waals surface area (Å²) in [5.41, 5.74) is 4.63. The van der Waals surface area contributed by atoms with Gasteiger partial charge in [0.2, 0.25) is 5.91 Å². The second-order valence-corrected chi connectivity index (χ2v) is 8.82. The molecule has 2 heterocycles. The first kappa shape index (κ1) is 23.4. The molecule has 0 radical (unpaired) electrons. The van der Waals surface area contributed by atoms with Crippen molar-refractivity contribution in [3.05, 3.63) is 91.0 Å². The van der Waals surface area contributed by atoms with E-state index in [0.29, 0.717) is 0 Å². The molecular weight excluding hydrogens is 450 g/mol. The first-order valence-corrected chi connectivity index (χ1v) is 12.1. The lowest BCUT2D eigenvalue weighted by atomic mass is 9.95. The van der Waals surface area contributed by atoms with Crippen LogP contribution in [0.5, 0.6) is 5.75 Å². The number of carbonyl (C=O) groups excluding carboxylic acids is 1. The number of amides is 1. The molecule has 0 spiro atoms. The predicted molar refractivity (Wildman–Crippen MR) is 144 cm³/mol. The normalized spacial score (nSPS) is 13.8. The van der Waals surface area contributed by atoms with Gasteiger partial charge in [0.25, 0.3) is 0 Å². The molecule has 0 aliphatic carbocycles.